The molecule has 1 aromatic rings. The molecular weight excluding hydrogens is 340 g/mol. The topological polar surface area (TPSA) is 46.2 Å². The summed E-state index contributed by atoms with van der Waals surface area (Å²) >= 11 is 7.45. The second kappa shape index (κ2) is 5.14. The molecule has 16 heavy (non-hydrogen) atoms. The van der Waals surface area contributed by atoms with Crippen LogP contribution in [-0.2, 0) is 4.79 Å². The zero-order valence-corrected chi connectivity index (χ0v) is 11.8. The molecule has 5 heteroatoms. The first kappa shape index (κ1) is 13.4. The molecule has 0 fully saturated rings. The fourth-order valence-corrected chi connectivity index (χ4v) is 1.73. The van der Waals surface area contributed by atoms with E-state index in [9.17, 15) is 9.59 Å². The second-order valence-electron chi connectivity index (χ2n) is 3.83. The molecule has 0 aromatic heterocycles. The SMILES string of the molecule is CC(C)(NC(=O)c1ccccc1I)C(=O)Cl. The van der Waals surface area contributed by atoms with Crippen LogP contribution >= 0.6 is 34.2 Å². The number of hydrogen-bond donors (Lipinski definition) is 1. The van der Waals surface area contributed by atoms with Crippen LogP contribution in [0.2, 0.25) is 0 Å². The number of carbonyl (C=O) groups excluding carboxylic acids is 2. The van der Waals surface area contributed by atoms with Gasteiger partial charge in [0.15, 0.2) is 0 Å². The molecule has 0 atom stereocenters. The molecule has 0 spiro atoms. The highest BCUT2D eigenvalue weighted by molar-refractivity contribution is 14.1. The van der Waals surface area contributed by atoms with E-state index in [0.29, 0.717) is 5.56 Å². The number of rotatable bonds is 3. The van der Waals surface area contributed by atoms with E-state index in [4.69, 9.17) is 11.6 Å². The fourth-order valence-electron chi connectivity index (χ4n) is 1.05. The lowest BCUT2D eigenvalue weighted by atomic mass is 10.1. The normalized spacial score (nSPS) is 11.0. The zero-order valence-electron chi connectivity index (χ0n) is 8.88. The summed E-state index contributed by atoms with van der Waals surface area (Å²) in [6, 6.07) is 7.14. The van der Waals surface area contributed by atoms with Crippen LogP contribution < -0.4 is 5.32 Å². The van der Waals surface area contributed by atoms with Crippen molar-refractivity contribution in [3.63, 3.8) is 0 Å². The van der Waals surface area contributed by atoms with Crippen molar-refractivity contribution in [2.45, 2.75) is 19.4 Å². The van der Waals surface area contributed by atoms with Crippen molar-refractivity contribution < 1.29 is 9.59 Å². The van der Waals surface area contributed by atoms with Gasteiger partial charge in [-0.25, -0.2) is 0 Å². The Kier molecular flexibility index (Phi) is 4.32. The van der Waals surface area contributed by atoms with E-state index in [2.05, 4.69) is 27.9 Å². The molecule has 1 amide bonds. The summed E-state index contributed by atoms with van der Waals surface area (Å²) in [5.74, 6) is -0.302. The van der Waals surface area contributed by atoms with Gasteiger partial charge in [-0.3, -0.25) is 9.59 Å². The molecule has 0 saturated heterocycles. The lowest BCUT2D eigenvalue weighted by molar-refractivity contribution is -0.116. The van der Waals surface area contributed by atoms with E-state index < -0.39 is 10.8 Å². The number of carbonyl (C=O) groups is 2. The van der Waals surface area contributed by atoms with Gasteiger partial charge in [0, 0.05) is 3.57 Å². The molecule has 0 unspecified atom stereocenters. The first-order valence-corrected chi connectivity index (χ1v) is 6.07. The van der Waals surface area contributed by atoms with Crippen molar-refractivity contribution in [3.05, 3.63) is 33.4 Å². The van der Waals surface area contributed by atoms with Crippen molar-refractivity contribution in [2.24, 2.45) is 0 Å². The Bertz CT molecular complexity index is 432. The monoisotopic (exact) mass is 351 g/mol. The van der Waals surface area contributed by atoms with Gasteiger partial charge >= 0.3 is 0 Å². The van der Waals surface area contributed by atoms with Gasteiger partial charge < -0.3 is 5.32 Å². The van der Waals surface area contributed by atoms with Crippen LogP contribution in [-0.4, -0.2) is 16.7 Å². The predicted octanol–water partition coefficient (Wildman–Crippen LogP) is 2.57. The van der Waals surface area contributed by atoms with Gasteiger partial charge in [-0.2, -0.15) is 0 Å². The fraction of sp³-hybridized carbons (Fsp3) is 0.273. The summed E-state index contributed by atoms with van der Waals surface area (Å²) in [5, 5.41) is 2.00. The van der Waals surface area contributed by atoms with Crippen LogP contribution in [0.25, 0.3) is 0 Å². The Labute approximate surface area is 113 Å². The van der Waals surface area contributed by atoms with Gasteiger partial charge in [0.25, 0.3) is 5.91 Å². The van der Waals surface area contributed by atoms with Crippen LogP contribution in [0.1, 0.15) is 24.2 Å². The highest BCUT2D eigenvalue weighted by Gasteiger charge is 2.28. The third-order valence-corrected chi connectivity index (χ3v) is 3.45. The van der Waals surface area contributed by atoms with Crippen LogP contribution in [0, 0.1) is 3.57 Å². The van der Waals surface area contributed by atoms with Gasteiger partial charge in [0.2, 0.25) is 5.24 Å². The maximum atomic E-state index is 11.9. The molecule has 0 aliphatic carbocycles. The van der Waals surface area contributed by atoms with E-state index in [1.54, 1.807) is 26.0 Å². The maximum Gasteiger partial charge on any atom is 0.253 e. The van der Waals surface area contributed by atoms with Crippen LogP contribution in [0.3, 0.4) is 0 Å². The van der Waals surface area contributed by atoms with E-state index in [0.717, 1.165) is 3.57 Å². The molecular formula is C11H11ClINO2. The van der Waals surface area contributed by atoms with Gasteiger partial charge in [0.1, 0.15) is 5.54 Å². The summed E-state index contributed by atoms with van der Waals surface area (Å²) in [4.78, 5) is 22.9. The lowest BCUT2D eigenvalue weighted by Gasteiger charge is -2.21. The van der Waals surface area contributed by atoms with E-state index in [1.807, 2.05) is 12.1 Å². The third kappa shape index (κ3) is 3.18. The van der Waals surface area contributed by atoms with Crippen molar-refractivity contribution >= 4 is 45.3 Å². The van der Waals surface area contributed by atoms with Crippen molar-refractivity contribution in [2.75, 3.05) is 0 Å². The number of hydrogen-bond acceptors (Lipinski definition) is 2. The Morgan fingerprint density at radius 1 is 1.31 bits per heavy atom. The van der Waals surface area contributed by atoms with Crippen molar-refractivity contribution in [3.8, 4) is 0 Å². The first-order valence-electron chi connectivity index (χ1n) is 4.61. The van der Waals surface area contributed by atoms with Crippen molar-refractivity contribution in [1.82, 2.24) is 5.32 Å². The minimum Gasteiger partial charge on any atom is -0.339 e. The van der Waals surface area contributed by atoms with Crippen LogP contribution in [0.5, 0.6) is 0 Å². The van der Waals surface area contributed by atoms with Gasteiger partial charge in [-0.05, 0) is 60.2 Å². The summed E-state index contributed by atoms with van der Waals surface area (Å²) in [5.41, 5.74) is -0.522. The van der Waals surface area contributed by atoms with E-state index >= 15 is 0 Å². The first-order chi connectivity index (χ1) is 7.34. The second-order valence-corrected chi connectivity index (χ2v) is 5.34. The molecule has 0 aliphatic rings. The number of amides is 1. The quantitative estimate of drug-likeness (QED) is 0.672. The standard InChI is InChI=1S/C11H11ClINO2/c1-11(2,10(12)16)14-9(15)7-5-3-4-6-8(7)13/h3-6H,1-2H3,(H,14,15). The average molecular weight is 352 g/mol. The molecule has 1 aromatic carbocycles. The molecule has 0 bridgehead atoms. The summed E-state index contributed by atoms with van der Waals surface area (Å²) in [6.07, 6.45) is 0. The molecule has 3 nitrogen and oxygen atoms in total. The van der Waals surface area contributed by atoms with Gasteiger partial charge in [0.05, 0.1) is 5.56 Å². The lowest BCUT2D eigenvalue weighted by Crippen LogP contribution is -2.48. The summed E-state index contributed by atoms with van der Waals surface area (Å²) in [6.45, 7) is 3.13. The zero-order chi connectivity index (χ0) is 12.3. The molecule has 0 radical (unpaired) electrons. The van der Waals surface area contributed by atoms with Crippen molar-refractivity contribution in [1.29, 1.82) is 0 Å². The van der Waals surface area contributed by atoms with Gasteiger partial charge in [-0.1, -0.05) is 12.1 Å². The number of nitrogens with one attached hydrogen (secondary N) is 1. The molecule has 0 heterocycles. The van der Waals surface area contributed by atoms with E-state index in [1.165, 1.54) is 0 Å². The highest BCUT2D eigenvalue weighted by Crippen LogP contribution is 2.14. The Hall–Kier alpha value is -0.620. The largest absolute Gasteiger partial charge is 0.339 e. The predicted molar refractivity (Wildman–Crippen MR) is 71.6 cm³/mol. The minimum absolute atomic E-state index is 0.302. The molecule has 1 N–H and O–H groups in total. The highest BCUT2D eigenvalue weighted by atomic mass is 127. The molecule has 0 saturated carbocycles. The molecule has 0 aliphatic heterocycles. The van der Waals surface area contributed by atoms with E-state index in [-0.39, 0.29) is 5.91 Å². The van der Waals surface area contributed by atoms with Crippen LogP contribution in [0.15, 0.2) is 24.3 Å². The average Bonchev–Trinajstić information content (AvgIpc) is 2.17. The molecule has 1 rings (SSSR count). The number of benzene rings is 1. The maximum absolute atomic E-state index is 11.9. The Morgan fingerprint density at radius 2 is 1.88 bits per heavy atom. The molecule has 86 valence electrons. The Morgan fingerprint density at radius 3 is 2.38 bits per heavy atom. The minimum atomic E-state index is -1.06. The third-order valence-electron chi connectivity index (χ3n) is 2.04. The summed E-state index contributed by atoms with van der Waals surface area (Å²) < 4.78 is 0.829. The Balaban J connectivity index is 2.89. The smallest absolute Gasteiger partial charge is 0.253 e. The summed E-state index contributed by atoms with van der Waals surface area (Å²) in [7, 11) is 0. The van der Waals surface area contributed by atoms with Crippen LogP contribution in [0.4, 0.5) is 0 Å². The number of halogens is 2. The van der Waals surface area contributed by atoms with Gasteiger partial charge in [-0.15, -0.1) is 0 Å².